The molecule has 0 saturated carbocycles. The fraction of sp³-hybridized carbons (Fsp3) is 0.100. The van der Waals surface area contributed by atoms with E-state index in [0.717, 1.165) is 24.3 Å². The molecule has 100 valence electrons. The summed E-state index contributed by atoms with van der Waals surface area (Å²) in [6.45, 7) is 1.58. The fourth-order valence-electron chi connectivity index (χ4n) is 1.32. The highest BCUT2D eigenvalue weighted by Crippen LogP contribution is 2.30. The van der Waals surface area contributed by atoms with E-state index in [4.69, 9.17) is 5.84 Å². The first-order chi connectivity index (χ1) is 8.88. The fourth-order valence-corrected chi connectivity index (χ4v) is 1.32. The van der Waals surface area contributed by atoms with Crippen LogP contribution in [0.15, 0.2) is 30.4 Å². The second-order valence-electron chi connectivity index (χ2n) is 3.40. The maximum Gasteiger partial charge on any atom is 0.301 e. The number of hydrogen-bond acceptors (Lipinski definition) is 6. The molecular formula is C10H10N4O5. The lowest BCUT2D eigenvalue weighted by Crippen LogP contribution is -2.36. The van der Waals surface area contributed by atoms with Crippen LogP contribution >= 0.6 is 0 Å². The number of allylic oxidation sites excluding steroid dienone is 1. The van der Waals surface area contributed by atoms with Crippen LogP contribution in [0.25, 0.3) is 0 Å². The highest BCUT2D eigenvalue weighted by molar-refractivity contribution is 6.02. The molecule has 1 amide bonds. The minimum absolute atomic E-state index is 0.223. The van der Waals surface area contributed by atoms with Gasteiger partial charge in [-0.15, -0.1) is 0 Å². The molecule has 0 bridgehead atoms. The first-order valence-electron chi connectivity index (χ1n) is 5.02. The molecule has 0 aliphatic heterocycles. The summed E-state index contributed by atoms with van der Waals surface area (Å²) in [6.07, 6.45) is 2.53. The predicted molar refractivity (Wildman–Crippen MR) is 66.2 cm³/mol. The third-order valence-corrected chi connectivity index (χ3v) is 2.17. The maximum absolute atomic E-state index is 11.5. The Morgan fingerprint density at radius 3 is 2.42 bits per heavy atom. The number of hydrogen-bond donors (Lipinski definition) is 1. The maximum atomic E-state index is 11.5. The van der Waals surface area contributed by atoms with Crippen molar-refractivity contribution in [3.05, 3.63) is 50.6 Å². The number of anilines is 1. The molecule has 9 nitrogen and oxygen atoms in total. The second kappa shape index (κ2) is 5.69. The number of nitro benzene ring substituents is 2. The van der Waals surface area contributed by atoms with Gasteiger partial charge in [0.05, 0.1) is 15.9 Å². The van der Waals surface area contributed by atoms with Gasteiger partial charge in [0, 0.05) is 12.1 Å². The van der Waals surface area contributed by atoms with E-state index in [2.05, 4.69) is 0 Å². The summed E-state index contributed by atoms with van der Waals surface area (Å²) in [5, 5.41) is 22.0. The predicted octanol–water partition coefficient (Wildman–Crippen LogP) is 1.29. The van der Waals surface area contributed by atoms with Crippen molar-refractivity contribution in [2.24, 2.45) is 5.84 Å². The average molecular weight is 266 g/mol. The van der Waals surface area contributed by atoms with Crippen LogP contribution in [-0.2, 0) is 4.79 Å². The lowest BCUT2D eigenvalue weighted by molar-refractivity contribution is -0.393. The van der Waals surface area contributed by atoms with Gasteiger partial charge in [-0.25, -0.2) is 10.9 Å². The molecule has 0 spiro atoms. The molecule has 0 aromatic heterocycles. The zero-order valence-electron chi connectivity index (χ0n) is 9.85. The molecular weight excluding hydrogens is 256 g/mol. The van der Waals surface area contributed by atoms with E-state index in [9.17, 15) is 25.0 Å². The van der Waals surface area contributed by atoms with Crippen molar-refractivity contribution < 1.29 is 14.6 Å². The molecule has 2 N–H and O–H groups in total. The number of nitrogens with two attached hydrogens (primary N) is 1. The van der Waals surface area contributed by atoms with Gasteiger partial charge in [0.1, 0.15) is 5.69 Å². The van der Waals surface area contributed by atoms with Gasteiger partial charge in [-0.1, -0.05) is 6.08 Å². The average Bonchev–Trinajstić information content (AvgIpc) is 2.37. The quantitative estimate of drug-likeness (QED) is 0.287. The number of carbonyl (C=O) groups excluding carboxylic acids is 1. The van der Waals surface area contributed by atoms with Crippen molar-refractivity contribution in [3.63, 3.8) is 0 Å². The van der Waals surface area contributed by atoms with Gasteiger partial charge in [0.2, 0.25) is 0 Å². The van der Waals surface area contributed by atoms with Gasteiger partial charge in [0.15, 0.2) is 0 Å². The van der Waals surface area contributed by atoms with E-state index in [1.807, 2.05) is 0 Å². The summed E-state index contributed by atoms with van der Waals surface area (Å²) >= 11 is 0. The lowest BCUT2D eigenvalue weighted by Gasteiger charge is -2.14. The highest BCUT2D eigenvalue weighted by atomic mass is 16.6. The van der Waals surface area contributed by atoms with E-state index < -0.39 is 27.1 Å². The van der Waals surface area contributed by atoms with E-state index in [1.54, 1.807) is 6.92 Å². The van der Waals surface area contributed by atoms with Crippen molar-refractivity contribution in [2.45, 2.75) is 6.92 Å². The Balaban J connectivity index is 3.31. The molecule has 0 atom stereocenters. The van der Waals surface area contributed by atoms with Crippen molar-refractivity contribution in [2.75, 3.05) is 5.01 Å². The molecule has 0 aliphatic carbocycles. The van der Waals surface area contributed by atoms with Crippen LogP contribution in [0.3, 0.4) is 0 Å². The summed E-state index contributed by atoms with van der Waals surface area (Å²) < 4.78 is 0. The minimum atomic E-state index is -0.842. The molecule has 0 fully saturated rings. The number of carbonyl (C=O) groups is 1. The summed E-state index contributed by atoms with van der Waals surface area (Å²) in [4.78, 5) is 31.3. The lowest BCUT2D eigenvalue weighted by atomic mass is 10.2. The molecule has 0 radical (unpaired) electrons. The molecule has 19 heavy (non-hydrogen) atoms. The van der Waals surface area contributed by atoms with E-state index in [0.29, 0.717) is 5.01 Å². The number of nitro groups is 2. The van der Waals surface area contributed by atoms with Gasteiger partial charge in [-0.05, 0) is 13.0 Å². The van der Waals surface area contributed by atoms with E-state index in [-0.39, 0.29) is 5.69 Å². The van der Waals surface area contributed by atoms with Crippen LogP contribution in [0, 0.1) is 20.2 Å². The third kappa shape index (κ3) is 3.10. The molecule has 0 aliphatic rings. The zero-order chi connectivity index (χ0) is 14.6. The number of amides is 1. The largest absolute Gasteiger partial charge is 0.301 e. The molecule has 0 unspecified atom stereocenters. The topological polar surface area (TPSA) is 133 Å². The van der Waals surface area contributed by atoms with Crippen molar-refractivity contribution in [1.29, 1.82) is 0 Å². The van der Waals surface area contributed by atoms with Gasteiger partial charge in [0.25, 0.3) is 11.6 Å². The van der Waals surface area contributed by atoms with Gasteiger partial charge in [-0.3, -0.25) is 25.0 Å². The number of hydrazine groups is 1. The summed E-state index contributed by atoms with van der Waals surface area (Å²) in [7, 11) is 0. The van der Waals surface area contributed by atoms with Crippen LogP contribution < -0.4 is 10.9 Å². The number of non-ortho nitro benzene ring substituents is 1. The van der Waals surface area contributed by atoms with Gasteiger partial charge >= 0.3 is 5.69 Å². The first kappa shape index (κ1) is 14.3. The Hall–Kier alpha value is -2.81. The van der Waals surface area contributed by atoms with E-state index in [1.165, 1.54) is 6.08 Å². The number of nitrogens with zero attached hydrogens (tertiary/aromatic N) is 3. The van der Waals surface area contributed by atoms with Crippen LogP contribution in [0.2, 0.25) is 0 Å². The van der Waals surface area contributed by atoms with E-state index >= 15 is 0 Å². The highest BCUT2D eigenvalue weighted by Gasteiger charge is 2.24. The van der Waals surface area contributed by atoms with Crippen molar-refractivity contribution in [1.82, 2.24) is 0 Å². The van der Waals surface area contributed by atoms with Crippen LogP contribution in [0.1, 0.15) is 6.92 Å². The smallest absolute Gasteiger partial charge is 0.268 e. The zero-order valence-corrected chi connectivity index (χ0v) is 9.85. The number of benzene rings is 1. The molecule has 0 heterocycles. The molecule has 1 aromatic carbocycles. The third-order valence-electron chi connectivity index (χ3n) is 2.17. The molecule has 1 aromatic rings. The van der Waals surface area contributed by atoms with Crippen LogP contribution in [0.4, 0.5) is 17.1 Å². The SMILES string of the molecule is C/C=C/C(=O)N(N)c1ccc([N+](=O)[O-])cc1[N+](=O)[O-]. The second-order valence-corrected chi connectivity index (χ2v) is 3.40. The first-order valence-corrected chi connectivity index (χ1v) is 5.02. The Morgan fingerprint density at radius 1 is 1.32 bits per heavy atom. The molecule has 9 heteroatoms. The Bertz CT molecular complexity index is 569. The monoisotopic (exact) mass is 266 g/mol. The summed E-state index contributed by atoms with van der Waals surface area (Å²) in [6, 6.07) is 2.83. The molecule has 0 saturated heterocycles. The minimum Gasteiger partial charge on any atom is -0.268 e. The van der Waals surface area contributed by atoms with Crippen molar-refractivity contribution in [3.8, 4) is 0 Å². The van der Waals surface area contributed by atoms with Crippen molar-refractivity contribution >= 4 is 23.0 Å². The van der Waals surface area contributed by atoms with Crippen LogP contribution in [0.5, 0.6) is 0 Å². The Labute approximate surface area is 107 Å². The Kier molecular flexibility index (Phi) is 4.27. The van der Waals surface area contributed by atoms with Gasteiger partial charge in [-0.2, -0.15) is 0 Å². The normalized spacial score (nSPS) is 10.4. The number of rotatable bonds is 4. The Morgan fingerprint density at radius 2 is 1.95 bits per heavy atom. The standard InChI is InChI=1S/C10H10N4O5/c1-2-3-10(15)12(11)8-5-4-7(13(16)17)6-9(8)14(18)19/h2-6H,11H2,1H3/b3-2+. The van der Waals surface area contributed by atoms with Crippen LogP contribution in [-0.4, -0.2) is 15.8 Å². The summed E-state index contributed by atoms with van der Waals surface area (Å²) in [5.74, 6) is 4.77. The molecule has 1 rings (SSSR count). The summed E-state index contributed by atoms with van der Waals surface area (Å²) in [5.41, 5.74) is -1.30. The van der Waals surface area contributed by atoms with Gasteiger partial charge < -0.3 is 0 Å².